The Morgan fingerprint density at radius 1 is 0.588 bits per heavy atom. The van der Waals surface area contributed by atoms with E-state index in [4.69, 9.17) is 0 Å². The van der Waals surface area contributed by atoms with Gasteiger partial charge in [-0.2, -0.15) is 0 Å². The monoisotopic (exact) mass is 220 g/mol. The Morgan fingerprint density at radius 2 is 1.53 bits per heavy atom. The predicted molar refractivity (Wildman–Crippen MR) is 71.3 cm³/mol. The molecule has 0 amide bonds. The second-order valence-electron chi connectivity index (χ2n) is 5.24. The van der Waals surface area contributed by atoms with Gasteiger partial charge in [0.1, 0.15) is 0 Å². The standard InChI is InChI=1S/C17H16/c1-2-6-14-12(4-1)8-10-17-15-7-3-5-13(15)9-11-16(14)17/h1-2,4,6,9,11H,3,5,7-8,10H2. The summed E-state index contributed by atoms with van der Waals surface area (Å²) < 4.78 is 0. The van der Waals surface area contributed by atoms with Crippen molar-refractivity contribution in [1.82, 2.24) is 0 Å². The van der Waals surface area contributed by atoms with Gasteiger partial charge >= 0.3 is 0 Å². The fourth-order valence-corrected chi connectivity index (χ4v) is 3.54. The quantitative estimate of drug-likeness (QED) is 0.631. The molecule has 0 spiro atoms. The summed E-state index contributed by atoms with van der Waals surface area (Å²) >= 11 is 0. The Balaban J connectivity index is 2.00. The van der Waals surface area contributed by atoms with Crippen LogP contribution >= 0.6 is 0 Å². The third-order valence-electron chi connectivity index (χ3n) is 4.35. The fraction of sp³-hybridized carbons (Fsp3) is 0.294. The minimum absolute atomic E-state index is 1.22. The first-order valence-electron chi connectivity index (χ1n) is 6.65. The maximum absolute atomic E-state index is 2.36. The van der Waals surface area contributed by atoms with Crippen LogP contribution in [0.4, 0.5) is 0 Å². The molecule has 0 atom stereocenters. The van der Waals surface area contributed by atoms with Crippen LogP contribution in [-0.4, -0.2) is 0 Å². The van der Waals surface area contributed by atoms with Crippen molar-refractivity contribution < 1.29 is 0 Å². The Hall–Kier alpha value is -1.56. The highest BCUT2D eigenvalue weighted by Crippen LogP contribution is 2.38. The van der Waals surface area contributed by atoms with Crippen LogP contribution in [0.5, 0.6) is 0 Å². The van der Waals surface area contributed by atoms with Crippen molar-refractivity contribution in [3.8, 4) is 11.1 Å². The van der Waals surface area contributed by atoms with Crippen LogP contribution in [0.15, 0.2) is 36.4 Å². The summed E-state index contributed by atoms with van der Waals surface area (Å²) in [6, 6.07) is 13.6. The third kappa shape index (κ3) is 1.30. The highest BCUT2D eigenvalue weighted by atomic mass is 14.3. The number of rotatable bonds is 0. The van der Waals surface area contributed by atoms with Gasteiger partial charge in [-0.3, -0.25) is 0 Å². The van der Waals surface area contributed by atoms with Crippen molar-refractivity contribution in [2.75, 3.05) is 0 Å². The molecule has 0 bridgehead atoms. The smallest absolute Gasteiger partial charge is 0.0146 e. The second kappa shape index (κ2) is 3.46. The highest BCUT2D eigenvalue weighted by Gasteiger charge is 2.22. The molecule has 0 fully saturated rings. The zero-order valence-electron chi connectivity index (χ0n) is 10.00. The molecule has 2 aliphatic carbocycles. The van der Waals surface area contributed by atoms with Gasteiger partial charge in [0.15, 0.2) is 0 Å². The van der Waals surface area contributed by atoms with Crippen LogP contribution in [0.1, 0.15) is 28.7 Å². The maximum Gasteiger partial charge on any atom is -0.0146 e. The highest BCUT2D eigenvalue weighted by molar-refractivity contribution is 5.75. The fourth-order valence-electron chi connectivity index (χ4n) is 3.54. The molecule has 2 aromatic rings. The molecule has 0 unspecified atom stereocenters. The van der Waals surface area contributed by atoms with Crippen molar-refractivity contribution in [2.45, 2.75) is 32.1 Å². The molecule has 0 nitrogen and oxygen atoms in total. The van der Waals surface area contributed by atoms with Gasteiger partial charge in [0.2, 0.25) is 0 Å². The molecule has 0 heteroatoms. The van der Waals surface area contributed by atoms with Gasteiger partial charge < -0.3 is 0 Å². The summed E-state index contributed by atoms with van der Waals surface area (Å²) in [6.07, 6.45) is 6.42. The van der Waals surface area contributed by atoms with Crippen LogP contribution in [0.2, 0.25) is 0 Å². The normalized spacial score (nSPS) is 16.2. The van der Waals surface area contributed by atoms with Gasteiger partial charge in [0.25, 0.3) is 0 Å². The average Bonchev–Trinajstić information content (AvgIpc) is 2.86. The summed E-state index contributed by atoms with van der Waals surface area (Å²) in [6.45, 7) is 0. The van der Waals surface area contributed by atoms with Crippen molar-refractivity contribution in [2.24, 2.45) is 0 Å². The molecule has 0 N–H and O–H groups in total. The van der Waals surface area contributed by atoms with E-state index in [9.17, 15) is 0 Å². The first kappa shape index (κ1) is 9.47. The van der Waals surface area contributed by atoms with Gasteiger partial charge in [-0.05, 0) is 65.5 Å². The minimum atomic E-state index is 1.22. The first-order chi connectivity index (χ1) is 8.43. The van der Waals surface area contributed by atoms with Gasteiger partial charge in [0.05, 0.1) is 0 Å². The molecule has 2 aromatic carbocycles. The molecule has 0 heterocycles. The number of fused-ring (bicyclic) bond motifs is 5. The van der Waals surface area contributed by atoms with E-state index >= 15 is 0 Å². The van der Waals surface area contributed by atoms with E-state index in [0.29, 0.717) is 0 Å². The van der Waals surface area contributed by atoms with Crippen LogP contribution in [0.25, 0.3) is 11.1 Å². The van der Waals surface area contributed by atoms with Gasteiger partial charge in [0, 0.05) is 0 Å². The predicted octanol–water partition coefficient (Wildman–Crippen LogP) is 3.94. The number of hydrogen-bond donors (Lipinski definition) is 0. The largest absolute Gasteiger partial charge is 0.0620 e. The first-order valence-corrected chi connectivity index (χ1v) is 6.65. The molecule has 0 aromatic heterocycles. The third-order valence-corrected chi connectivity index (χ3v) is 4.35. The average molecular weight is 220 g/mol. The SMILES string of the molecule is c1ccc2c(c1)CCc1c-2ccc2c1CCC2. The number of hydrogen-bond acceptors (Lipinski definition) is 0. The zero-order chi connectivity index (χ0) is 11.2. The lowest BCUT2D eigenvalue weighted by Gasteiger charge is -2.22. The lowest BCUT2D eigenvalue weighted by molar-refractivity contribution is 0.887. The van der Waals surface area contributed by atoms with E-state index in [1.807, 2.05) is 0 Å². The number of benzene rings is 2. The summed E-state index contributed by atoms with van der Waals surface area (Å²) in [5.74, 6) is 0. The Bertz CT molecular complexity index is 593. The van der Waals surface area contributed by atoms with E-state index in [1.54, 1.807) is 16.7 Å². The molecule has 0 aliphatic heterocycles. The molecular formula is C17H16. The second-order valence-corrected chi connectivity index (χ2v) is 5.24. The Kier molecular flexibility index (Phi) is 1.93. The van der Waals surface area contributed by atoms with E-state index in [1.165, 1.54) is 48.8 Å². The molecular weight excluding hydrogens is 204 g/mol. The Morgan fingerprint density at radius 3 is 2.53 bits per heavy atom. The van der Waals surface area contributed by atoms with E-state index in [2.05, 4.69) is 36.4 Å². The molecule has 0 saturated carbocycles. The van der Waals surface area contributed by atoms with Crippen LogP contribution in [-0.2, 0) is 25.7 Å². The molecule has 0 radical (unpaired) electrons. The molecule has 4 rings (SSSR count). The van der Waals surface area contributed by atoms with Crippen molar-refractivity contribution in [1.29, 1.82) is 0 Å². The zero-order valence-corrected chi connectivity index (χ0v) is 10.00. The topological polar surface area (TPSA) is 0 Å². The molecule has 2 aliphatic rings. The lowest BCUT2D eigenvalue weighted by atomic mass is 9.82. The minimum Gasteiger partial charge on any atom is -0.0620 e. The Labute approximate surface area is 102 Å². The van der Waals surface area contributed by atoms with Gasteiger partial charge in [-0.15, -0.1) is 0 Å². The summed E-state index contributed by atoms with van der Waals surface area (Å²) in [4.78, 5) is 0. The van der Waals surface area contributed by atoms with Crippen molar-refractivity contribution >= 4 is 0 Å². The van der Waals surface area contributed by atoms with Crippen molar-refractivity contribution in [3.05, 3.63) is 58.7 Å². The van der Waals surface area contributed by atoms with E-state index in [-0.39, 0.29) is 0 Å². The van der Waals surface area contributed by atoms with E-state index < -0.39 is 0 Å². The van der Waals surface area contributed by atoms with Crippen LogP contribution in [0.3, 0.4) is 0 Å². The molecule has 17 heavy (non-hydrogen) atoms. The van der Waals surface area contributed by atoms with Crippen molar-refractivity contribution in [3.63, 3.8) is 0 Å². The molecule has 0 saturated heterocycles. The van der Waals surface area contributed by atoms with Crippen LogP contribution in [0, 0.1) is 0 Å². The molecule has 84 valence electrons. The maximum atomic E-state index is 2.36. The number of aryl methyl sites for hydroxylation is 2. The van der Waals surface area contributed by atoms with Gasteiger partial charge in [-0.25, -0.2) is 0 Å². The van der Waals surface area contributed by atoms with E-state index in [0.717, 1.165) is 0 Å². The summed E-state index contributed by atoms with van der Waals surface area (Å²) in [7, 11) is 0. The lowest BCUT2D eigenvalue weighted by Crippen LogP contribution is -2.06. The summed E-state index contributed by atoms with van der Waals surface area (Å²) in [5, 5.41) is 0. The van der Waals surface area contributed by atoms with Crippen LogP contribution < -0.4 is 0 Å². The summed E-state index contributed by atoms with van der Waals surface area (Å²) in [5.41, 5.74) is 9.45. The van der Waals surface area contributed by atoms with Gasteiger partial charge in [-0.1, -0.05) is 36.4 Å².